The second-order valence-corrected chi connectivity index (χ2v) is 10.4. The molecule has 0 fully saturated rings. The first kappa shape index (κ1) is 26.2. The number of sulfonamides is 1. The van der Waals surface area contributed by atoms with Gasteiger partial charge in [-0.2, -0.15) is 13.2 Å². The zero-order valence-electron chi connectivity index (χ0n) is 19.2. The molecular weight excluding hydrogens is 526 g/mol. The Bertz CT molecular complexity index is 1480. The van der Waals surface area contributed by atoms with Gasteiger partial charge < -0.3 is 13.9 Å². The highest BCUT2D eigenvalue weighted by Gasteiger charge is 2.50. The molecule has 3 aromatic rings. The summed E-state index contributed by atoms with van der Waals surface area (Å²) in [4.78, 5) is 23.4. The number of nitrogens with zero attached hydrogens (tertiary/aromatic N) is 2. The normalized spacial score (nSPS) is 16.2. The first-order chi connectivity index (χ1) is 17.2. The molecule has 0 amide bonds. The number of rotatable bonds is 6. The van der Waals surface area contributed by atoms with Gasteiger partial charge in [0.05, 0.1) is 23.5 Å². The van der Waals surface area contributed by atoms with E-state index >= 15 is 0 Å². The highest BCUT2D eigenvalue weighted by molar-refractivity contribution is 7.92. The number of fused-ring (bicyclic) bond motifs is 1. The standard InChI is InChI=1S/C22H19F4N3O7S/c1-21(2,22(24,25)26)36-18(30)10-12-3-8-16-15(9-12)29(11-17(34-16)19-27-28-20(31)35-19)37(32,33)14-6-4-13(23)5-7-14/h3-9,17H,10-11H2,1-2H3,(H,28,31)/t17-/m1/s1. The Hall–Kier alpha value is -3.88. The van der Waals surface area contributed by atoms with Gasteiger partial charge in [-0.3, -0.25) is 9.10 Å². The average molecular weight is 545 g/mol. The molecule has 0 spiro atoms. The molecule has 0 saturated carbocycles. The van der Waals surface area contributed by atoms with Crippen LogP contribution in [0.1, 0.15) is 31.4 Å². The zero-order valence-corrected chi connectivity index (χ0v) is 20.0. The minimum Gasteiger partial charge on any atom is -0.476 e. The molecule has 0 radical (unpaired) electrons. The molecule has 4 rings (SSSR count). The summed E-state index contributed by atoms with van der Waals surface area (Å²) in [6, 6.07) is 7.88. The van der Waals surface area contributed by atoms with E-state index in [0.29, 0.717) is 13.8 Å². The number of ether oxygens (including phenoxy) is 2. The number of halogens is 4. The van der Waals surface area contributed by atoms with Gasteiger partial charge in [0.25, 0.3) is 15.9 Å². The van der Waals surface area contributed by atoms with Crippen LogP contribution in [-0.2, 0) is 26.0 Å². The second-order valence-electron chi connectivity index (χ2n) is 8.51. The van der Waals surface area contributed by atoms with Crippen LogP contribution in [0.3, 0.4) is 0 Å². The van der Waals surface area contributed by atoms with Crippen molar-refractivity contribution >= 4 is 21.7 Å². The van der Waals surface area contributed by atoms with Gasteiger partial charge in [0.15, 0.2) is 6.10 Å². The third-order valence-corrected chi connectivity index (χ3v) is 7.22. The molecule has 198 valence electrons. The van der Waals surface area contributed by atoms with Crippen molar-refractivity contribution in [2.45, 2.75) is 43.0 Å². The van der Waals surface area contributed by atoms with Crippen molar-refractivity contribution in [3.8, 4) is 5.75 Å². The predicted octanol–water partition coefficient (Wildman–Crippen LogP) is 3.26. The molecule has 0 aliphatic carbocycles. The Morgan fingerprint density at radius 3 is 2.46 bits per heavy atom. The summed E-state index contributed by atoms with van der Waals surface area (Å²) in [5, 5.41) is 5.72. The number of alkyl halides is 3. The lowest BCUT2D eigenvalue weighted by Crippen LogP contribution is -2.43. The van der Waals surface area contributed by atoms with E-state index in [1.807, 2.05) is 5.10 Å². The average Bonchev–Trinajstić information content (AvgIpc) is 3.23. The van der Waals surface area contributed by atoms with E-state index < -0.39 is 58.4 Å². The van der Waals surface area contributed by atoms with Crippen LogP contribution < -0.4 is 14.8 Å². The van der Waals surface area contributed by atoms with Crippen LogP contribution in [0.2, 0.25) is 0 Å². The number of H-pyrrole nitrogens is 1. The summed E-state index contributed by atoms with van der Waals surface area (Å²) in [7, 11) is -4.36. The Morgan fingerprint density at radius 2 is 1.86 bits per heavy atom. The highest BCUT2D eigenvalue weighted by atomic mass is 32.2. The van der Waals surface area contributed by atoms with E-state index in [9.17, 15) is 35.6 Å². The van der Waals surface area contributed by atoms with Gasteiger partial charge in [0.2, 0.25) is 5.60 Å². The molecule has 37 heavy (non-hydrogen) atoms. The largest absolute Gasteiger partial charge is 0.476 e. The first-order valence-corrected chi connectivity index (χ1v) is 12.0. The minimum absolute atomic E-state index is 0.0136. The Balaban J connectivity index is 1.71. The molecule has 1 aliphatic heterocycles. The van der Waals surface area contributed by atoms with Crippen LogP contribution in [0.4, 0.5) is 23.2 Å². The number of aromatic nitrogens is 2. The van der Waals surface area contributed by atoms with Gasteiger partial charge in [-0.05, 0) is 55.8 Å². The number of hydrogen-bond donors (Lipinski definition) is 1. The van der Waals surface area contributed by atoms with Crippen molar-refractivity contribution in [3.05, 3.63) is 70.3 Å². The number of anilines is 1. The van der Waals surface area contributed by atoms with Crippen LogP contribution in [0.5, 0.6) is 5.75 Å². The molecule has 2 aromatic carbocycles. The van der Waals surface area contributed by atoms with Gasteiger partial charge >= 0.3 is 17.9 Å². The van der Waals surface area contributed by atoms with E-state index in [-0.39, 0.29) is 27.8 Å². The quantitative estimate of drug-likeness (QED) is 0.369. The van der Waals surface area contributed by atoms with Crippen LogP contribution in [0.25, 0.3) is 0 Å². The molecule has 2 heterocycles. The summed E-state index contributed by atoms with van der Waals surface area (Å²) < 4.78 is 95.7. The highest BCUT2D eigenvalue weighted by Crippen LogP contribution is 2.41. The lowest BCUT2D eigenvalue weighted by atomic mass is 10.1. The molecule has 0 bridgehead atoms. The summed E-state index contributed by atoms with van der Waals surface area (Å²) in [5.41, 5.74) is -2.66. The van der Waals surface area contributed by atoms with Crippen molar-refractivity contribution in [2.75, 3.05) is 10.8 Å². The van der Waals surface area contributed by atoms with Crippen LogP contribution in [-0.4, -0.2) is 42.9 Å². The molecular formula is C22H19F4N3O7S. The van der Waals surface area contributed by atoms with Gasteiger partial charge in [0.1, 0.15) is 11.6 Å². The second kappa shape index (κ2) is 9.21. The number of aromatic amines is 1. The fourth-order valence-corrected chi connectivity index (χ4v) is 4.89. The number of benzene rings is 2. The van der Waals surface area contributed by atoms with Crippen LogP contribution in [0, 0.1) is 5.82 Å². The molecule has 10 nitrogen and oxygen atoms in total. The van der Waals surface area contributed by atoms with Crippen LogP contribution in [0.15, 0.2) is 56.6 Å². The van der Waals surface area contributed by atoms with E-state index in [2.05, 4.69) is 9.84 Å². The van der Waals surface area contributed by atoms with Gasteiger partial charge in [-0.1, -0.05) is 6.07 Å². The number of nitrogens with one attached hydrogen (secondary N) is 1. The van der Waals surface area contributed by atoms with E-state index in [4.69, 9.17) is 9.15 Å². The maximum atomic E-state index is 13.5. The summed E-state index contributed by atoms with van der Waals surface area (Å²) in [6.45, 7) is 0.974. The number of carbonyl (C=O) groups is 1. The van der Waals surface area contributed by atoms with Crippen molar-refractivity contribution < 1.29 is 44.7 Å². The SMILES string of the molecule is CC(C)(OC(=O)Cc1ccc2c(c1)N(S(=O)(=O)c1ccc(F)cc1)C[C@H](c1n[nH]c(=O)o1)O2)C(F)(F)F. The predicted molar refractivity (Wildman–Crippen MR) is 118 cm³/mol. The maximum absolute atomic E-state index is 13.5. The fourth-order valence-electron chi connectivity index (χ4n) is 3.42. The van der Waals surface area contributed by atoms with E-state index in [1.54, 1.807) is 0 Å². The third-order valence-electron chi connectivity index (χ3n) is 5.42. The van der Waals surface area contributed by atoms with Crippen molar-refractivity contribution in [2.24, 2.45) is 0 Å². The van der Waals surface area contributed by atoms with Crippen molar-refractivity contribution in [1.82, 2.24) is 10.2 Å². The number of hydrogen-bond acceptors (Lipinski definition) is 8. The molecule has 1 N–H and O–H groups in total. The van der Waals surface area contributed by atoms with Crippen molar-refractivity contribution in [3.63, 3.8) is 0 Å². The molecule has 1 aromatic heterocycles. The first-order valence-electron chi connectivity index (χ1n) is 10.6. The Labute approximate surface area is 206 Å². The van der Waals surface area contributed by atoms with Gasteiger partial charge in [0, 0.05) is 0 Å². The minimum atomic E-state index is -4.80. The molecule has 0 unspecified atom stereocenters. The van der Waals surface area contributed by atoms with Crippen LogP contribution >= 0.6 is 0 Å². The lowest BCUT2D eigenvalue weighted by molar-refractivity contribution is -0.257. The zero-order chi connectivity index (χ0) is 27.2. The number of esters is 1. The number of carbonyl (C=O) groups excluding carboxylic acids is 1. The maximum Gasteiger partial charge on any atom is 0.434 e. The summed E-state index contributed by atoms with van der Waals surface area (Å²) in [5.74, 6) is -3.01. The topological polar surface area (TPSA) is 132 Å². The fraction of sp³-hybridized carbons (Fsp3) is 0.318. The summed E-state index contributed by atoms with van der Waals surface area (Å²) >= 11 is 0. The van der Waals surface area contributed by atoms with Gasteiger partial charge in [-0.25, -0.2) is 22.7 Å². The monoisotopic (exact) mass is 545 g/mol. The van der Waals surface area contributed by atoms with E-state index in [1.165, 1.54) is 18.2 Å². The lowest BCUT2D eigenvalue weighted by Gasteiger charge is -2.34. The Kier molecular flexibility index (Phi) is 6.52. The molecule has 0 saturated heterocycles. The van der Waals surface area contributed by atoms with E-state index in [0.717, 1.165) is 28.6 Å². The van der Waals surface area contributed by atoms with Crippen molar-refractivity contribution in [1.29, 1.82) is 0 Å². The smallest absolute Gasteiger partial charge is 0.434 e. The molecule has 1 atom stereocenters. The van der Waals surface area contributed by atoms with Gasteiger partial charge in [-0.15, -0.1) is 5.10 Å². The third kappa shape index (κ3) is 5.30. The molecule has 1 aliphatic rings. The molecule has 15 heteroatoms. The summed E-state index contributed by atoms with van der Waals surface area (Å²) in [6.07, 6.45) is -6.57. The Morgan fingerprint density at radius 1 is 1.19 bits per heavy atom.